The molecule has 0 aromatic rings. The van der Waals surface area contributed by atoms with Crippen LogP contribution in [0.5, 0.6) is 0 Å². The normalized spacial score (nSPS) is 38.5. The van der Waals surface area contributed by atoms with E-state index in [4.69, 9.17) is 15.2 Å². The van der Waals surface area contributed by atoms with Crippen molar-refractivity contribution in [3.05, 3.63) is 0 Å². The Hall–Kier alpha value is -0.160. The number of ether oxygens (including phenoxy) is 2. The molecule has 2 aliphatic rings. The molecule has 4 heteroatoms. The minimum absolute atomic E-state index is 0.139. The third-order valence-electron chi connectivity index (χ3n) is 4.75. The smallest absolute Gasteiger partial charge is 0.0710 e. The van der Waals surface area contributed by atoms with E-state index in [0.29, 0.717) is 18.1 Å². The van der Waals surface area contributed by atoms with Gasteiger partial charge in [-0.05, 0) is 25.2 Å². The Morgan fingerprint density at radius 2 is 2.28 bits per heavy atom. The molecule has 2 N–H and O–H groups in total. The van der Waals surface area contributed by atoms with Crippen molar-refractivity contribution >= 4 is 0 Å². The quantitative estimate of drug-likeness (QED) is 0.822. The highest BCUT2D eigenvalue weighted by atomic mass is 16.5. The van der Waals surface area contributed by atoms with Crippen molar-refractivity contribution in [2.45, 2.75) is 50.9 Å². The van der Waals surface area contributed by atoms with Crippen LogP contribution in [0.2, 0.25) is 0 Å². The highest BCUT2D eigenvalue weighted by Crippen LogP contribution is 2.35. The van der Waals surface area contributed by atoms with Crippen molar-refractivity contribution in [1.29, 1.82) is 0 Å². The van der Waals surface area contributed by atoms with Gasteiger partial charge in [-0.15, -0.1) is 0 Å². The molecule has 3 atom stereocenters. The zero-order chi connectivity index (χ0) is 13.2. The van der Waals surface area contributed by atoms with Crippen LogP contribution in [0.25, 0.3) is 0 Å². The van der Waals surface area contributed by atoms with E-state index in [-0.39, 0.29) is 5.54 Å². The Bertz CT molecular complexity index is 273. The molecule has 2 saturated heterocycles. The van der Waals surface area contributed by atoms with Crippen LogP contribution in [0.3, 0.4) is 0 Å². The Balaban J connectivity index is 2.05. The summed E-state index contributed by atoms with van der Waals surface area (Å²) in [6, 6.07) is 0. The van der Waals surface area contributed by atoms with Gasteiger partial charge in [-0.3, -0.25) is 4.90 Å². The summed E-state index contributed by atoms with van der Waals surface area (Å²) in [5.41, 5.74) is 6.27. The molecular weight excluding hydrogens is 228 g/mol. The minimum Gasteiger partial charge on any atom is -0.380 e. The standard InChI is InChI=1S/C14H28N2O2/c1-11(2)13-8-14(10-15,5-7-18-13)16-6-4-12(9-16)17-3/h11-13H,4-10,15H2,1-3H3. The SMILES string of the molecule is COC1CCN(C2(CN)CCOC(C(C)C)C2)C1. The zero-order valence-electron chi connectivity index (χ0n) is 12.0. The molecule has 2 heterocycles. The maximum atomic E-state index is 6.13. The van der Waals surface area contributed by atoms with Gasteiger partial charge in [0.2, 0.25) is 0 Å². The lowest BCUT2D eigenvalue weighted by atomic mass is 9.82. The van der Waals surface area contributed by atoms with Crippen LogP contribution in [-0.4, -0.2) is 56.0 Å². The van der Waals surface area contributed by atoms with Gasteiger partial charge in [-0.25, -0.2) is 0 Å². The second kappa shape index (κ2) is 5.87. The average molecular weight is 256 g/mol. The molecule has 0 spiro atoms. The van der Waals surface area contributed by atoms with E-state index in [2.05, 4.69) is 18.7 Å². The summed E-state index contributed by atoms with van der Waals surface area (Å²) in [5, 5.41) is 0. The Labute approximate surface area is 111 Å². The molecule has 3 unspecified atom stereocenters. The fourth-order valence-corrected chi connectivity index (χ4v) is 3.32. The number of hydrogen-bond acceptors (Lipinski definition) is 4. The lowest BCUT2D eigenvalue weighted by Gasteiger charge is -2.47. The predicted octanol–water partition coefficient (Wildman–Crippen LogP) is 1.24. The maximum absolute atomic E-state index is 6.13. The second-order valence-corrected chi connectivity index (χ2v) is 6.13. The molecular formula is C14H28N2O2. The Morgan fingerprint density at radius 3 is 2.83 bits per heavy atom. The van der Waals surface area contributed by atoms with Crippen molar-refractivity contribution in [2.24, 2.45) is 11.7 Å². The fourth-order valence-electron chi connectivity index (χ4n) is 3.32. The van der Waals surface area contributed by atoms with Gasteiger partial charge in [0.15, 0.2) is 0 Å². The van der Waals surface area contributed by atoms with Gasteiger partial charge in [-0.2, -0.15) is 0 Å². The van der Waals surface area contributed by atoms with Crippen molar-refractivity contribution < 1.29 is 9.47 Å². The molecule has 0 radical (unpaired) electrons. The third-order valence-corrected chi connectivity index (χ3v) is 4.75. The summed E-state index contributed by atoms with van der Waals surface area (Å²) in [4.78, 5) is 2.55. The summed E-state index contributed by atoms with van der Waals surface area (Å²) < 4.78 is 11.4. The Morgan fingerprint density at radius 1 is 1.50 bits per heavy atom. The van der Waals surface area contributed by atoms with Crippen molar-refractivity contribution in [2.75, 3.05) is 33.4 Å². The highest BCUT2D eigenvalue weighted by molar-refractivity contribution is 4.99. The molecule has 2 aliphatic heterocycles. The third kappa shape index (κ3) is 2.72. The molecule has 2 rings (SSSR count). The molecule has 106 valence electrons. The number of hydrogen-bond donors (Lipinski definition) is 1. The molecule has 0 bridgehead atoms. The molecule has 0 amide bonds. The summed E-state index contributed by atoms with van der Waals surface area (Å²) in [7, 11) is 1.81. The van der Waals surface area contributed by atoms with E-state index in [0.717, 1.165) is 45.5 Å². The van der Waals surface area contributed by atoms with Crippen LogP contribution in [0.1, 0.15) is 33.1 Å². The van der Waals surface area contributed by atoms with Crippen molar-refractivity contribution in [1.82, 2.24) is 4.90 Å². The molecule has 4 nitrogen and oxygen atoms in total. The maximum Gasteiger partial charge on any atom is 0.0710 e. The lowest BCUT2D eigenvalue weighted by Crippen LogP contribution is -2.58. The van der Waals surface area contributed by atoms with E-state index in [1.54, 1.807) is 0 Å². The lowest BCUT2D eigenvalue weighted by molar-refractivity contribution is -0.0846. The number of likely N-dealkylation sites (tertiary alicyclic amines) is 1. The van der Waals surface area contributed by atoms with Crippen LogP contribution < -0.4 is 5.73 Å². The molecule has 18 heavy (non-hydrogen) atoms. The number of rotatable bonds is 4. The first-order chi connectivity index (χ1) is 8.61. The first kappa shape index (κ1) is 14.3. The molecule has 2 fully saturated rings. The minimum atomic E-state index is 0.139. The van der Waals surface area contributed by atoms with E-state index in [9.17, 15) is 0 Å². The summed E-state index contributed by atoms with van der Waals surface area (Å²) in [6.07, 6.45) is 3.99. The van der Waals surface area contributed by atoms with E-state index in [1.807, 2.05) is 7.11 Å². The predicted molar refractivity (Wildman–Crippen MR) is 72.6 cm³/mol. The summed E-state index contributed by atoms with van der Waals surface area (Å²) in [5.74, 6) is 0.567. The average Bonchev–Trinajstić information content (AvgIpc) is 2.88. The largest absolute Gasteiger partial charge is 0.380 e. The van der Waals surface area contributed by atoms with Crippen molar-refractivity contribution in [3.8, 4) is 0 Å². The van der Waals surface area contributed by atoms with Crippen molar-refractivity contribution in [3.63, 3.8) is 0 Å². The van der Waals surface area contributed by atoms with Crippen LogP contribution >= 0.6 is 0 Å². The monoisotopic (exact) mass is 256 g/mol. The van der Waals surface area contributed by atoms with Gasteiger partial charge in [0.25, 0.3) is 0 Å². The van der Waals surface area contributed by atoms with E-state index in [1.165, 1.54) is 0 Å². The van der Waals surface area contributed by atoms with Gasteiger partial charge in [0.05, 0.1) is 12.2 Å². The van der Waals surface area contributed by atoms with Crippen LogP contribution in [0.4, 0.5) is 0 Å². The first-order valence-electron chi connectivity index (χ1n) is 7.21. The fraction of sp³-hybridized carbons (Fsp3) is 1.00. The number of nitrogens with zero attached hydrogens (tertiary/aromatic N) is 1. The highest BCUT2D eigenvalue weighted by Gasteiger charge is 2.44. The summed E-state index contributed by atoms with van der Waals surface area (Å²) in [6.45, 7) is 8.18. The number of methoxy groups -OCH3 is 1. The van der Waals surface area contributed by atoms with Gasteiger partial charge in [0, 0.05) is 38.9 Å². The van der Waals surface area contributed by atoms with E-state index < -0.39 is 0 Å². The van der Waals surface area contributed by atoms with Crippen LogP contribution in [0, 0.1) is 5.92 Å². The number of nitrogens with two attached hydrogens (primary N) is 1. The second-order valence-electron chi connectivity index (χ2n) is 6.13. The van der Waals surface area contributed by atoms with Crippen LogP contribution in [0.15, 0.2) is 0 Å². The molecule has 0 aromatic heterocycles. The topological polar surface area (TPSA) is 47.7 Å². The molecule has 0 saturated carbocycles. The zero-order valence-corrected chi connectivity index (χ0v) is 12.0. The van der Waals surface area contributed by atoms with Gasteiger partial charge in [0.1, 0.15) is 0 Å². The van der Waals surface area contributed by atoms with Gasteiger partial charge >= 0.3 is 0 Å². The Kier molecular flexibility index (Phi) is 4.64. The molecule has 0 aromatic carbocycles. The van der Waals surface area contributed by atoms with Crippen LogP contribution in [-0.2, 0) is 9.47 Å². The van der Waals surface area contributed by atoms with Gasteiger partial charge in [-0.1, -0.05) is 13.8 Å². The molecule has 0 aliphatic carbocycles. The summed E-state index contributed by atoms with van der Waals surface area (Å²) >= 11 is 0. The first-order valence-corrected chi connectivity index (χ1v) is 7.21. The van der Waals surface area contributed by atoms with E-state index >= 15 is 0 Å². The van der Waals surface area contributed by atoms with Gasteiger partial charge < -0.3 is 15.2 Å².